The molecule has 4 nitrogen and oxygen atoms in total. The number of benzene rings is 1. The third kappa shape index (κ3) is 2.91. The zero-order chi connectivity index (χ0) is 14.6. The molecular weight excluding hydrogens is 254 g/mol. The van der Waals surface area contributed by atoms with Gasteiger partial charge in [0.1, 0.15) is 11.5 Å². The van der Waals surface area contributed by atoms with Gasteiger partial charge in [0.2, 0.25) is 0 Å². The summed E-state index contributed by atoms with van der Waals surface area (Å²) in [6.45, 7) is 0.516. The number of nitrogens with two attached hydrogens (primary N) is 1. The average molecular weight is 279 g/mol. The van der Waals surface area contributed by atoms with Crippen molar-refractivity contribution in [2.75, 3.05) is 21.3 Å². The van der Waals surface area contributed by atoms with E-state index in [9.17, 15) is 0 Å². The van der Waals surface area contributed by atoms with Crippen LogP contribution in [0.1, 0.15) is 43.2 Å². The molecule has 0 amide bonds. The monoisotopic (exact) mass is 279 g/mol. The largest absolute Gasteiger partial charge is 0.497 e. The minimum Gasteiger partial charge on any atom is -0.497 e. The first kappa shape index (κ1) is 15.1. The minimum absolute atomic E-state index is 0.316. The summed E-state index contributed by atoms with van der Waals surface area (Å²) >= 11 is 0. The quantitative estimate of drug-likeness (QED) is 0.900. The Morgan fingerprint density at radius 1 is 1.05 bits per heavy atom. The van der Waals surface area contributed by atoms with Crippen molar-refractivity contribution in [1.82, 2.24) is 0 Å². The second kappa shape index (κ2) is 6.46. The van der Waals surface area contributed by atoms with Crippen molar-refractivity contribution >= 4 is 0 Å². The fourth-order valence-corrected chi connectivity index (χ4v) is 3.19. The van der Waals surface area contributed by atoms with Crippen LogP contribution >= 0.6 is 0 Å². The highest BCUT2D eigenvalue weighted by Gasteiger charge is 2.34. The van der Waals surface area contributed by atoms with E-state index in [2.05, 4.69) is 0 Å². The summed E-state index contributed by atoms with van der Waals surface area (Å²) in [5, 5.41) is 0. The van der Waals surface area contributed by atoms with Gasteiger partial charge < -0.3 is 19.9 Å². The van der Waals surface area contributed by atoms with Crippen molar-refractivity contribution in [3.05, 3.63) is 23.3 Å². The molecular formula is C16H25NO3. The summed E-state index contributed by atoms with van der Waals surface area (Å²) in [6.07, 6.45) is 5.58. The van der Waals surface area contributed by atoms with E-state index in [1.165, 1.54) is 6.42 Å². The van der Waals surface area contributed by atoms with Crippen LogP contribution in [0, 0.1) is 0 Å². The number of rotatable bonds is 5. The molecule has 0 saturated heterocycles. The fraction of sp³-hybridized carbons (Fsp3) is 0.625. The number of ether oxygens (including phenoxy) is 3. The number of hydrogen-bond donors (Lipinski definition) is 1. The number of hydrogen-bond acceptors (Lipinski definition) is 4. The van der Waals surface area contributed by atoms with Gasteiger partial charge >= 0.3 is 0 Å². The van der Waals surface area contributed by atoms with Crippen LogP contribution in [0.4, 0.5) is 0 Å². The molecule has 1 saturated carbocycles. The van der Waals surface area contributed by atoms with E-state index in [1.807, 2.05) is 12.1 Å². The number of methoxy groups -OCH3 is 3. The van der Waals surface area contributed by atoms with E-state index < -0.39 is 0 Å². The topological polar surface area (TPSA) is 53.7 Å². The van der Waals surface area contributed by atoms with Gasteiger partial charge in [0, 0.05) is 24.3 Å². The first-order chi connectivity index (χ1) is 9.64. The first-order valence-corrected chi connectivity index (χ1v) is 7.18. The van der Waals surface area contributed by atoms with E-state index in [0.717, 1.165) is 48.3 Å². The maximum Gasteiger partial charge on any atom is 0.127 e. The third-order valence-electron chi connectivity index (χ3n) is 4.16. The zero-order valence-electron chi connectivity index (χ0n) is 12.7. The van der Waals surface area contributed by atoms with Crippen LogP contribution in [0.3, 0.4) is 0 Å². The molecule has 112 valence electrons. The molecule has 0 unspecified atom stereocenters. The molecule has 0 radical (unpaired) electrons. The SMILES string of the molecule is COCc1cc(OC)cc(OC)c1C1(N)CCCCC1. The van der Waals surface area contributed by atoms with Crippen molar-refractivity contribution in [2.24, 2.45) is 5.73 Å². The molecule has 2 rings (SSSR count). The Bertz CT molecular complexity index is 453. The molecule has 1 aromatic rings. The molecule has 0 atom stereocenters. The van der Waals surface area contributed by atoms with Gasteiger partial charge in [-0.05, 0) is 24.5 Å². The Morgan fingerprint density at radius 2 is 1.75 bits per heavy atom. The van der Waals surface area contributed by atoms with E-state index in [-0.39, 0.29) is 5.54 Å². The van der Waals surface area contributed by atoms with Gasteiger partial charge in [0.05, 0.1) is 20.8 Å². The van der Waals surface area contributed by atoms with E-state index in [0.29, 0.717) is 6.61 Å². The molecule has 0 bridgehead atoms. The van der Waals surface area contributed by atoms with Crippen molar-refractivity contribution < 1.29 is 14.2 Å². The molecule has 1 aliphatic carbocycles. The van der Waals surface area contributed by atoms with Crippen LogP contribution in [-0.2, 0) is 16.9 Å². The Hall–Kier alpha value is -1.26. The molecule has 0 aromatic heterocycles. The summed E-state index contributed by atoms with van der Waals surface area (Å²) in [6, 6.07) is 3.92. The maximum atomic E-state index is 6.70. The smallest absolute Gasteiger partial charge is 0.127 e. The van der Waals surface area contributed by atoms with Gasteiger partial charge in [0.25, 0.3) is 0 Å². The van der Waals surface area contributed by atoms with Gasteiger partial charge in [-0.2, -0.15) is 0 Å². The fourth-order valence-electron chi connectivity index (χ4n) is 3.19. The molecule has 0 aliphatic heterocycles. The first-order valence-electron chi connectivity index (χ1n) is 7.18. The lowest BCUT2D eigenvalue weighted by Gasteiger charge is -2.36. The third-order valence-corrected chi connectivity index (χ3v) is 4.16. The predicted molar refractivity (Wildman–Crippen MR) is 79.2 cm³/mol. The molecule has 1 fully saturated rings. The lowest BCUT2D eigenvalue weighted by atomic mass is 9.75. The minimum atomic E-state index is -0.316. The van der Waals surface area contributed by atoms with Crippen LogP contribution in [0.15, 0.2) is 12.1 Å². The van der Waals surface area contributed by atoms with Gasteiger partial charge in [-0.1, -0.05) is 19.3 Å². The van der Waals surface area contributed by atoms with Crippen LogP contribution < -0.4 is 15.2 Å². The Labute approximate surface area is 121 Å². The second-order valence-corrected chi connectivity index (χ2v) is 5.51. The molecule has 20 heavy (non-hydrogen) atoms. The van der Waals surface area contributed by atoms with Gasteiger partial charge in [-0.3, -0.25) is 0 Å². The molecule has 4 heteroatoms. The predicted octanol–water partition coefficient (Wildman–Crippen LogP) is 2.97. The van der Waals surface area contributed by atoms with Crippen LogP contribution in [0.25, 0.3) is 0 Å². The highest BCUT2D eigenvalue weighted by molar-refractivity contribution is 5.50. The Morgan fingerprint density at radius 3 is 2.30 bits per heavy atom. The molecule has 1 aromatic carbocycles. The lowest BCUT2D eigenvalue weighted by Crippen LogP contribution is -2.40. The van der Waals surface area contributed by atoms with Crippen molar-refractivity contribution in [3.63, 3.8) is 0 Å². The van der Waals surface area contributed by atoms with Crippen LogP contribution in [-0.4, -0.2) is 21.3 Å². The molecule has 2 N–H and O–H groups in total. The summed E-state index contributed by atoms with van der Waals surface area (Å²) in [5.74, 6) is 1.58. The summed E-state index contributed by atoms with van der Waals surface area (Å²) in [7, 11) is 5.03. The van der Waals surface area contributed by atoms with Crippen LogP contribution in [0.2, 0.25) is 0 Å². The van der Waals surface area contributed by atoms with Crippen LogP contribution in [0.5, 0.6) is 11.5 Å². The molecule has 1 aliphatic rings. The maximum absolute atomic E-state index is 6.70. The highest BCUT2D eigenvalue weighted by atomic mass is 16.5. The summed E-state index contributed by atoms with van der Waals surface area (Å²) in [4.78, 5) is 0. The second-order valence-electron chi connectivity index (χ2n) is 5.51. The molecule has 0 heterocycles. The van der Waals surface area contributed by atoms with Gasteiger partial charge in [0.15, 0.2) is 0 Å². The van der Waals surface area contributed by atoms with Crippen molar-refractivity contribution in [2.45, 2.75) is 44.2 Å². The van der Waals surface area contributed by atoms with Crippen molar-refractivity contribution in [3.8, 4) is 11.5 Å². The standard InChI is InChI=1S/C16H25NO3/c1-18-11-12-9-13(19-2)10-14(20-3)15(12)16(17)7-5-4-6-8-16/h9-10H,4-8,11,17H2,1-3H3. The zero-order valence-corrected chi connectivity index (χ0v) is 12.7. The molecule has 0 spiro atoms. The normalized spacial score (nSPS) is 17.8. The van der Waals surface area contributed by atoms with Gasteiger partial charge in [-0.25, -0.2) is 0 Å². The van der Waals surface area contributed by atoms with E-state index in [4.69, 9.17) is 19.9 Å². The Kier molecular flexibility index (Phi) is 4.89. The van der Waals surface area contributed by atoms with Gasteiger partial charge in [-0.15, -0.1) is 0 Å². The summed E-state index contributed by atoms with van der Waals surface area (Å²) < 4.78 is 16.3. The van der Waals surface area contributed by atoms with E-state index >= 15 is 0 Å². The van der Waals surface area contributed by atoms with E-state index in [1.54, 1.807) is 21.3 Å². The highest BCUT2D eigenvalue weighted by Crippen LogP contribution is 2.43. The summed E-state index contributed by atoms with van der Waals surface area (Å²) in [5.41, 5.74) is 8.54. The average Bonchev–Trinajstić information content (AvgIpc) is 2.47. The Balaban J connectivity index is 2.52. The van der Waals surface area contributed by atoms with Crippen molar-refractivity contribution in [1.29, 1.82) is 0 Å². The lowest BCUT2D eigenvalue weighted by molar-refractivity contribution is 0.179.